The van der Waals surface area contributed by atoms with Gasteiger partial charge in [0.05, 0.1) is 19.8 Å². The first-order valence-electron chi connectivity index (χ1n) is 28.8. The van der Waals surface area contributed by atoms with Gasteiger partial charge in [-0.3, -0.25) is 9.59 Å². The maximum absolute atomic E-state index is 13.1. The van der Waals surface area contributed by atoms with E-state index in [4.69, 9.17) is 28.4 Å². The molecule has 11 atom stereocenters. The highest BCUT2D eigenvalue weighted by atomic mass is 16.7. The van der Waals surface area contributed by atoms with E-state index in [2.05, 4.69) is 26.0 Å². The van der Waals surface area contributed by atoms with Crippen LogP contribution in [0.1, 0.15) is 239 Å². The van der Waals surface area contributed by atoms with Gasteiger partial charge in [0.1, 0.15) is 55.4 Å². The van der Waals surface area contributed by atoms with Crippen LogP contribution in [-0.2, 0) is 38.0 Å². The highest BCUT2D eigenvalue weighted by Gasteiger charge is 2.47. The number of hydrogen-bond donors (Lipinski definition) is 7. The Labute approximate surface area is 429 Å². The zero-order valence-corrected chi connectivity index (χ0v) is 44.5. The molecule has 0 aromatic rings. The molecule has 0 aromatic heterocycles. The molecule has 2 fully saturated rings. The Hall–Kier alpha value is -1.76. The molecule has 2 aliphatic heterocycles. The lowest BCUT2D eigenvalue weighted by Crippen LogP contribution is -2.61. The molecule has 0 aromatic carbocycles. The first kappa shape index (κ1) is 65.4. The summed E-state index contributed by atoms with van der Waals surface area (Å²) in [7, 11) is 0. The van der Waals surface area contributed by atoms with Crippen molar-refractivity contribution in [3.8, 4) is 0 Å². The summed E-state index contributed by atoms with van der Waals surface area (Å²) in [5, 5.41) is 72.2. The Morgan fingerprint density at radius 3 is 1.25 bits per heavy atom. The molecule has 4 unspecified atom stereocenters. The molecule has 2 aliphatic rings. The summed E-state index contributed by atoms with van der Waals surface area (Å²) in [6.07, 6.45) is 28.0. The minimum Gasteiger partial charge on any atom is -0.462 e. The van der Waals surface area contributed by atoms with Gasteiger partial charge < -0.3 is 64.2 Å². The number of hydrogen-bond acceptors (Lipinski definition) is 15. The average Bonchev–Trinajstić information content (AvgIpc) is 3.36. The number of carbonyl (C=O) groups excluding carboxylic acids is 2. The molecule has 0 aliphatic carbocycles. The average molecular weight is 1020 g/mol. The molecule has 15 heteroatoms. The van der Waals surface area contributed by atoms with Crippen molar-refractivity contribution in [2.75, 3.05) is 26.4 Å². The summed E-state index contributed by atoms with van der Waals surface area (Å²) in [5.41, 5.74) is 0. The molecule has 15 nitrogen and oxygen atoms in total. The summed E-state index contributed by atoms with van der Waals surface area (Å²) in [6, 6.07) is 0. The van der Waals surface area contributed by atoms with Crippen LogP contribution in [0, 0.1) is 0 Å². The van der Waals surface area contributed by atoms with Crippen LogP contribution in [0.2, 0.25) is 0 Å². The molecule has 2 heterocycles. The van der Waals surface area contributed by atoms with Crippen LogP contribution in [0.4, 0.5) is 0 Å². The minimum absolute atomic E-state index is 0.171. The number of carbonyl (C=O) groups is 2. The Kier molecular flexibility index (Phi) is 40.0. The van der Waals surface area contributed by atoms with Crippen LogP contribution in [-0.4, -0.2) is 142 Å². The van der Waals surface area contributed by atoms with Gasteiger partial charge in [-0.1, -0.05) is 199 Å². The number of allylic oxidation sites excluding steroid dienone is 2. The Morgan fingerprint density at radius 2 is 0.803 bits per heavy atom. The minimum atomic E-state index is -1.76. The fourth-order valence-corrected chi connectivity index (χ4v) is 9.27. The molecule has 0 saturated carbocycles. The van der Waals surface area contributed by atoms with Crippen LogP contribution in [0.5, 0.6) is 0 Å². The van der Waals surface area contributed by atoms with Crippen molar-refractivity contribution in [2.45, 2.75) is 306 Å². The third-order valence-corrected chi connectivity index (χ3v) is 14.0. The van der Waals surface area contributed by atoms with Gasteiger partial charge in [-0.25, -0.2) is 0 Å². The number of aliphatic hydroxyl groups excluding tert-OH is 7. The maximum Gasteiger partial charge on any atom is 0.306 e. The number of ether oxygens (including phenoxy) is 6. The molecule has 0 radical (unpaired) electrons. The molecule has 0 spiro atoms. The van der Waals surface area contributed by atoms with Gasteiger partial charge in [0, 0.05) is 12.8 Å². The van der Waals surface area contributed by atoms with Crippen molar-refractivity contribution in [3.63, 3.8) is 0 Å². The van der Waals surface area contributed by atoms with E-state index in [9.17, 15) is 45.3 Å². The molecule has 2 saturated heterocycles. The zero-order valence-electron chi connectivity index (χ0n) is 44.5. The van der Waals surface area contributed by atoms with E-state index in [1.54, 1.807) is 0 Å². The van der Waals surface area contributed by atoms with E-state index >= 15 is 0 Å². The SMILES string of the molecule is CCCCCC/C=C/CCCCCCCCCCCC(=O)OC[C@H](CO[C@H]1O[C@@H](CO[C@H]2O[C@@H](CO)[C@@H](O)C(O)C2O)[C@@H](O)C(O)C1O)OC(=O)CCCCCCCCCCCCCCCCCCCC. The van der Waals surface area contributed by atoms with Crippen molar-refractivity contribution in [1.82, 2.24) is 0 Å². The van der Waals surface area contributed by atoms with Crippen molar-refractivity contribution >= 4 is 11.9 Å². The maximum atomic E-state index is 13.1. The highest BCUT2D eigenvalue weighted by molar-refractivity contribution is 5.70. The van der Waals surface area contributed by atoms with Gasteiger partial charge in [-0.05, 0) is 38.5 Å². The van der Waals surface area contributed by atoms with E-state index in [0.29, 0.717) is 12.8 Å². The predicted molar refractivity (Wildman–Crippen MR) is 275 cm³/mol. The highest BCUT2D eigenvalue weighted by Crippen LogP contribution is 2.27. The van der Waals surface area contributed by atoms with Crippen LogP contribution in [0.25, 0.3) is 0 Å². The van der Waals surface area contributed by atoms with Crippen molar-refractivity contribution in [3.05, 3.63) is 12.2 Å². The van der Waals surface area contributed by atoms with E-state index < -0.39 is 92.7 Å². The standard InChI is InChI=1S/C56H104O15/c1-3-5-7-9-11-13-15-17-19-21-23-25-27-29-31-33-35-37-39-48(59)69-44(41-66-47(58)38-36-34-32-30-28-26-24-22-20-18-16-14-12-10-8-6-4-2)42-67-55-54(65)52(63)50(61)46(71-55)43-68-56-53(64)51(62)49(60)45(40-57)70-56/h14,16,44-46,49-57,60-65H,3-13,15,17-43H2,1-2H3/b16-14+/t44-,45+,46+,49-,50-,51?,52?,53?,54?,55+,56+/m1/s1. The molecule has 71 heavy (non-hydrogen) atoms. The smallest absolute Gasteiger partial charge is 0.306 e. The molecule has 0 amide bonds. The third kappa shape index (κ3) is 31.0. The second-order valence-corrected chi connectivity index (χ2v) is 20.5. The number of aliphatic hydroxyl groups is 7. The topological polar surface area (TPSA) is 231 Å². The van der Waals surface area contributed by atoms with Gasteiger partial charge >= 0.3 is 11.9 Å². The third-order valence-electron chi connectivity index (χ3n) is 14.0. The predicted octanol–water partition coefficient (Wildman–Crippen LogP) is 9.33. The van der Waals surface area contributed by atoms with Crippen molar-refractivity contribution in [1.29, 1.82) is 0 Å². The van der Waals surface area contributed by atoms with Gasteiger partial charge in [0.2, 0.25) is 0 Å². The molecular weight excluding hydrogens is 913 g/mol. The van der Waals surface area contributed by atoms with Crippen LogP contribution in [0.3, 0.4) is 0 Å². The van der Waals surface area contributed by atoms with Crippen molar-refractivity contribution < 1.29 is 73.8 Å². The second-order valence-electron chi connectivity index (χ2n) is 20.5. The van der Waals surface area contributed by atoms with Gasteiger partial charge in [-0.15, -0.1) is 0 Å². The molecular formula is C56H104O15. The second kappa shape index (κ2) is 43.5. The number of unbranched alkanes of at least 4 members (excludes halogenated alkanes) is 30. The van der Waals surface area contributed by atoms with Crippen LogP contribution in [0.15, 0.2) is 12.2 Å². The Bertz CT molecular complexity index is 1290. The van der Waals surface area contributed by atoms with Crippen molar-refractivity contribution in [2.24, 2.45) is 0 Å². The summed E-state index contributed by atoms with van der Waals surface area (Å²) in [4.78, 5) is 25.9. The summed E-state index contributed by atoms with van der Waals surface area (Å²) >= 11 is 0. The first-order valence-corrected chi connectivity index (χ1v) is 28.8. The Morgan fingerprint density at radius 1 is 0.437 bits per heavy atom. The largest absolute Gasteiger partial charge is 0.462 e. The molecule has 418 valence electrons. The summed E-state index contributed by atoms with van der Waals surface area (Å²) < 4.78 is 33.7. The molecule has 0 bridgehead atoms. The van der Waals surface area contributed by atoms with E-state index in [-0.39, 0.29) is 26.1 Å². The molecule has 7 N–H and O–H groups in total. The quantitative estimate of drug-likeness (QED) is 0.0171. The van der Waals surface area contributed by atoms with Gasteiger partial charge in [0.15, 0.2) is 18.7 Å². The molecule has 2 rings (SSSR count). The summed E-state index contributed by atoms with van der Waals surface area (Å²) in [6.45, 7) is 2.63. The lowest BCUT2D eigenvalue weighted by Gasteiger charge is -2.42. The van der Waals surface area contributed by atoms with E-state index in [0.717, 1.165) is 38.5 Å². The van der Waals surface area contributed by atoms with Gasteiger partial charge in [-0.2, -0.15) is 0 Å². The fourth-order valence-electron chi connectivity index (χ4n) is 9.27. The Balaban J connectivity index is 1.76. The van der Waals surface area contributed by atoms with E-state index in [1.807, 2.05) is 0 Å². The van der Waals surface area contributed by atoms with Gasteiger partial charge in [0.25, 0.3) is 0 Å². The first-order chi connectivity index (χ1) is 34.5. The van der Waals surface area contributed by atoms with Crippen LogP contribution >= 0.6 is 0 Å². The van der Waals surface area contributed by atoms with E-state index in [1.165, 1.54) is 161 Å². The summed E-state index contributed by atoms with van der Waals surface area (Å²) in [5.74, 6) is -0.912. The number of rotatable bonds is 46. The lowest BCUT2D eigenvalue weighted by atomic mass is 9.98. The number of esters is 2. The fraction of sp³-hybridized carbons (Fsp3) is 0.929. The lowest BCUT2D eigenvalue weighted by molar-refractivity contribution is -0.332. The van der Waals surface area contributed by atoms with Crippen LogP contribution < -0.4 is 0 Å². The normalized spacial score (nSPS) is 25.2. The zero-order chi connectivity index (χ0) is 51.7. The monoisotopic (exact) mass is 1020 g/mol.